The number of hydrogen-bond acceptors (Lipinski definition) is 3. The zero-order valence-corrected chi connectivity index (χ0v) is 13.5. The highest BCUT2D eigenvalue weighted by Gasteiger charge is 2.15. The Kier molecular flexibility index (Phi) is 4.53. The van der Waals surface area contributed by atoms with Gasteiger partial charge in [0.2, 0.25) is 5.91 Å². The van der Waals surface area contributed by atoms with E-state index in [9.17, 15) is 9.90 Å². The predicted octanol–water partition coefficient (Wildman–Crippen LogP) is 4.66. The highest BCUT2D eigenvalue weighted by molar-refractivity contribution is 8.00. The standard InChI is InChI=1S/C19H17NO2S/c1-13(23-16-11-9-15(21)10-12-16)19(22)20-18-8-4-6-14-5-2-3-7-17(14)18/h2-13,21H,1H3,(H,20,22). The number of carbonyl (C=O) groups is 1. The van der Waals surface area contributed by atoms with Gasteiger partial charge in [0.1, 0.15) is 5.75 Å². The van der Waals surface area contributed by atoms with Gasteiger partial charge in [-0.15, -0.1) is 11.8 Å². The highest BCUT2D eigenvalue weighted by atomic mass is 32.2. The minimum Gasteiger partial charge on any atom is -0.508 e. The van der Waals surface area contributed by atoms with Crippen LogP contribution in [0.1, 0.15) is 6.92 Å². The van der Waals surface area contributed by atoms with Crippen molar-refractivity contribution >= 4 is 34.1 Å². The van der Waals surface area contributed by atoms with Crippen LogP contribution in [0, 0.1) is 0 Å². The number of carbonyl (C=O) groups excluding carboxylic acids is 1. The van der Waals surface area contributed by atoms with E-state index in [0.717, 1.165) is 21.4 Å². The third-order valence-electron chi connectivity index (χ3n) is 3.57. The summed E-state index contributed by atoms with van der Waals surface area (Å²) in [5, 5.41) is 14.2. The van der Waals surface area contributed by atoms with Crippen LogP contribution in [0.15, 0.2) is 71.6 Å². The molecule has 1 atom stereocenters. The van der Waals surface area contributed by atoms with E-state index in [0.29, 0.717) is 0 Å². The van der Waals surface area contributed by atoms with Gasteiger partial charge in [-0.25, -0.2) is 0 Å². The Balaban J connectivity index is 1.74. The van der Waals surface area contributed by atoms with Gasteiger partial charge in [-0.1, -0.05) is 36.4 Å². The summed E-state index contributed by atoms with van der Waals surface area (Å²) in [6.45, 7) is 1.87. The van der Waals surface area contributed by atoms with Crippen molar-refractivity contribution < 1.29 is 9.90 Å². The molecule has 4 heteroatoms. The number of phenolic OH excluding ortho intramolecular Hbond substituents is 1. The molecule has 0 aliphatic heterocycles. The molecule has 0 fully saturated rings. The number of anilines is 1. The molecular weight excluding hydrogens is 306 g/mol. The van der Waals surface area contributed by atoms with E-state index < -0.39 is 0 Å². The first-order valence-electron chi connectivity index (χ1n) is 7.38. The number of thioether (sulfide) groups is 1. The number of nitrogens with one attached hydrogen (secondary N) is 1. The number of hydrogen-bond donors (Lipinski definition) is 2. The Morgan fingerprint density at radius 1 is 1.00 bits per heavy atom. The number of rotatable bonds is 4. The number of benzene rings is 3. The van der Waals surface area contributed by atoms with Crippen molar-refractivity contribution in [2.24, 2.45) is 0 Å². The van der Waals surface area contributed by atoms with Gasteiger partial charge in [-0.05, 0) is 42.6 Å². The summed E-state index contributed by atoms with van der Waals surface area (Å²) in [6.07, 6.45) is 0. The Hall–Kier alpha value is -2.46. The van der Waals surface area contributed by atoms with Crippen LogP contribution in [0.3, 0.4) is 0 Å². The van der Waals surface area contributed by atoms with Gasteiger partial charge in [-0.2, -0.15) is 0 Å². The molecule has 0 aliphatic carbocycles. The lowest BCUT2D eigenvalue weighted by Gasteiger charge is -2.13. The van der Waals surface area contributed by atoms with Crippen molar-refractivity contribution in [1.29, 1.82) is 0 Å². The van der Waals surface area contributed by atoms with Crippen LogP contribution in [0.5, 0.6) is 5.75 Å². The maximum absolute atomic E-state index is 12.4. The molecule has 3 nitrogen and oxygen atoms in total. The first-order chi connectivity index (χ1) is 11.1. The molecule has 2 N–H and O–H groups in total. The van der Waals surface area contributed by atoms with Crippen LogP contribution in [0.4, 0.5) is 5.69 Å². The number of phenols is 1. The molecule has 0 bridgehead atoms. The summed E-state index contributed by atoms with van der Waals surface area (Å²) in [6, 6.07) is 20.7. The molecule has 0 saturated carbocycles. The molecule has 0 aliphatic rings. The molecule has 3 rings (SSSR count). The van der Waals surface area contributed by atoms with E-state index in [1.54, 1.807) is 12.1 Å². The second-order valence-electron chi connectivity index (χ2n) is 5.27. The third-order valence-corrected chi connectivity index (χ3v) is 4.68. The molecule has 3 aromatic carbocycles. The number of fused-ring (bicyclic) bond motifs is 1. The van der Waals surface area contributed by atoms with Crippen LogP contribution >= 0.6 is 11.8 Å². The maximum Gasteiger partial charge on any atom is 0.237 e. The Labute approximate surface area is 139 Å². The summed E-state index contributed by atoms with van der Waals surface area (Å²) < 4.78 is 0. The van der Waals surface area contributed by atoms with E-state index in [-0.39, 0.29) is 16.9 Å². The molecule has 0 saturated heterocycles. The lowest BCUT2D eigenvalue weighted by molar-refractivity contribution is -0.115. The zero-order chi connectivity index (χ0) is 16.2. The Morgan fingerprint density at radius 2 is 1.70 bits per heavy atom. The molecule has 116 valence electrons. The van der Waals surface area contributed by atoms with Crippen LogP contribution in [-0.4, -0.2) is 16.3 Å². The van der Waals surface area contributed by atoms with Crippen LogP contribution in [0.25, 0.3) is 10.8 Å². The quantitative estimate of drug-likeness (QED) is 0.686. The van der Waals surface area contributed by atoms with E-state index in [2.05, 4.69) is 5.32 Å². The molecule has 1 unspecified atom stereocenters. The molecular formula is C19H17NO2S. The fraction of sp³-hybridized carbons (Fsp3) is 0.105. The van der Waals surface area contributed by atoms with Gasteiger partial charge in [0.15, 0.2) is 0 Å². The van der Waals surface area contributed by atoms with E-state index in [1.807, 2.05) is 61.5 Å². The highest BCUT2D eigenvalue weighted by Crippen LogP contribution is 2.27. The largest absolute Gasteiger partial charge is 0.508 e. The van der Waals surface area contributed by atoms with Gasteiger partial charge in [0.25, 0.3) is 0 Å². The average molecular weight is 323 g/mol. The molecule has 0 aromatic heterocycles. The fourth-order valence-corrected chi connectivity index (χ4v) is 3.22. The van der Waals surface area contributed by atoms with E-state index >= 15 is 0 Å². The number of amides is 1. The minimum absolute atomic E-state index is 0.0422. The summed E-state index contributed by atoms with van der Waals surface area (Å²) >= 11 is 1.46. The minimum atomic E-state index is -0.237. The third kappa shape index (κ3) is 3.66. The lowest BCUT2D eigenvalue weighted by atomic mass is 10.1. The summed E-state index contributed by atoms with van der Waals surface area (Å²) in [5.41, 5.74) is 0.825. The lowest BCUT2D eigenvalue weighted by Crippen LogP contribution is -2.22. The normalized spacial score (nSPS) is 12.0. The van der Waals surface area contributed by atoms with Gasteiger partial charge in [-0.3, -0.25) is 4.79 Å². The summed E-state index contributed by atoms with van der Waals surface area (Å²) in [4.78, 5) is 13.4. The molecule has 1 amide bonds. The van der Waals surface area contributed by atoms with Gasteiger partial charge >= 0.3 is 0 Å². The molecule has 3 aromatic rings. The Morgan fingerprint density at radius 3 is 2.48 bits per heavy atom. The molecule has 0 spiro atoms. The van der Waals surface area contributed by atoms with Gasteiger partial charge in [0.05, 0.1) is 5.25 Å². The van der Waals surface area contributed by atoms with Crippen molar-refractivity contribution in [2.45, 2.75) is 17.1 Å². The molecule has 23 heavy (non-hydrogen) atoms. The van der Waals surface area contributed by atoms with Gasteiger partial charge in [0, 0.05) is 16.0 Å². The maximum atomic E-state index is 12.4. The van der Waals surface area contributed by atoms with Crippen LogP contribution in [-0.2, 0) is 4.79 Å². The molecule has 0 heterocycles. The topological polar surface area (TPSA) is 49.3 Å². The zero-order valence-electron chi connectivity index (χ0n) is 12.7. The summed E-state index contributed by atoms with van der Waals surface area (Å²) in [5.74, 6) is 0.182. The van der Waals surface area contributed by atoms with Crippen molar-refractivity contribution in [1.82, 2.24) is 0 Å². The second-order valence-corrected chi connectivity index (χ2v) is 6.68. The fourth-order valence-electron chi connectivity index (χ4n) is 2.35. The van der Waals surface area contributed by atoms with Crippen molar-refractivity contribution in [3.8, 4) is 5.75 Å². The Bertz CT molecular complexity index is 825. The number of aromatic hydroxyl groups is 1. The predicted molar refractivity (Wildman–Crippen MR) is 96.0 cm³/mol. The van der Waals surface area contributed by atoms with Crippen molar-refractivity contribution in [2.75, 3.05) is 5.32 Å². The first kappa shape index (κ1) is 15.4. The summed E-state index contributed by atoms with van der Waals surface area (Å²) in [7, 11) is 0. The van der Waals surface area contributed by atoms with Gasteiger partial charge < -0.3 is 10.4 Å². The van der Waals surface area contributed by atoms with E-state index in [1.165, 1.54) is 11.8 Å². The monoisotopic (exact) mass is 323 g/mol. The smallest absolute Gasteiger partial charge is 0.237 e. The SMILES string of the molecule is CC(Sc1ccc(O)cc1)C(=O)Nc1cccc2ccccc12. The second kappa shape index (κ2) is 6.75. The first-order valence-corrected chi connectivity index (χ1v) is 8.26. The van der Waals surface area contributed by atoms with E-state index in [4.69, 9.17) is 0 Å². The molecule has 0 radical (unpaired) electrons. The van der Waals surface area contributed by atoms with Crippen LogP contribution < -0.4 is 5.32 Å². The van der Waals surface area contributed by atoms with Crippen molar-refractivity contribution in [3.05, 3.63) is 66.7 Å². The average Bonchev–Trinajstić information content (AvgIpc) is 2.57. The van der Waals surface area contributed by atoms with Crippen LogP contribution in [0.2, 0.25) is 0 Å². The van der Waals surface area contributed by atoms with Crippen molar-refractivity contribution in [3.63, 3.8) is 0 Å².